The third kappa shape index (κ3) is 2.79. The summed E-state index contributed by atoms with van der Waals surface area (Å²) in [7, 11) is 0. The van der Waals surface area contributed by atoms with Gasteiger partial charge in [-0.05, 0) is 24.3 Å². The first-order valence-corrected chi connectivity index (χ1v) is 7.31. The maximum atomic E-state index is 6.12. The van der Waals surface area contributed by atoms with Crippen molar-refractivity contribution < 1.29 is 4.74 Å². The van der Waals surface area contributed by atoms with Crippen LogP contribution in [0.25, 0.3) is 10.9 Å². The van der Waals surface area contributed by atoms with E-state index in [0.29, 0.717) is 17.4 Å². The van der Waals surface area contributed by atoms with Crippen molar-refractivity contribution in [1.82, 2.24) is 4.98 Å². The lowest BCUT2D eigenvalue weighted by atomic mass is 10.1. The molecule has 100 valence electrons. The number of halogens is 2. The lowest BCUT2D eigenvalue weighted by molar-refractivity contribution is 0.307. The monoisotopic (exact) mass is 347 g/mol. The molecule has 1 heterocycles. The van der Waals surface area contributed by atoms with Crippen molar-refractivity contribution in [1.29, 1.82) is 0 Å². The number of hydrogen-bond acceptors (Lipinski definition) is 2. The van der Waals surface area contributed by atoms with Gasteiger partial charge in [-0.1, -0.05) is 51.8 Å². The molecule has 2 aromatic carbocycles. The molecule has 3 rings (SSSR count). The van der Waals surface area contributed by atoms with Crippen LogP contribution >= 0.6 is 27.5 Å². The number of nitrogens with zero attached hydrogens (tertiary/aromatic N) is 1. The predicted octanol–water partition coefficient (Wildman–Crippen LogP) is 5.23. The van der Waals surface area contributed by atoms with Crippen LogP contribution in [0.4, 0.5) is 0 Å². The molecule has 4 heteroatoms. The Labute approximate surface area is 130 Å². The highest BCUT2D eigenvalue weighted by molar-refractivity contribution is 9.10. The summed E-state index contributed by atoms with van der Waals surface area (Å²) in [6.07, 6.45) is 1.79. The summed E-state index contributed by atoms with van der Waals surface area (Å²) in [6.45, 7) is 0.435. The lowest BCUT2D eigenvalue weighted by Crippen LogP contribution is -1.98. The summed E-state index contributed by atoms with van der Waals surface area (Å²) in [5.74, 6) is 0.661. The molecule has 0 N–H and O–H groups in total. The van der Waals surface area contributed by atoms with E-state index < -0.39 is 0 Å². The van der Waals surface area contributed by atoms with Gasteiger partial charge in [-0.2, -0.15) is 0 Å². The summed E-state index contributed by atoms with van der Waals surface area (Å²) >= 11 is 9.53. The molecule has 0 radical (unpaired) electrons. The second-order valence-electron chi connectivity index (χ2n) is 4.36. The van der Waals surface area contributed by atoms with Gasteiger partial charge in [-0.3, -0.25) is 4.98 Å². The second kappa shape index (κ2) is 5.81. The quantitative estimate of drug-likeness (QED) is 0.646. The van der Waals surface area contributed by atoms with Crippen molar-refractivity contribution in [2.24, 2.45) is 0 Å². The summed E-state index contributed by atoms with van der Waals surface area (Å²) in [6, 6.07) is 15.6. The van der Waals surface area contributed by atoms with Crippen LogP contribution < -0.4 is 4.74 Å². The van der Waals surface area contributed by atoms with E-state index in [1.165, 1.54) is 0 Å². The maximum absolute atomic E-state index is 6.12. The highest BCUT2D eigenvalue weighted by Crippen LogP contribution is 2.29. The Hall–Kier alpha value is -1.58. The first-order valence-electron chi connectivity index (χ1n) is 6.14. The fraction of sp³-hybridized carbons (Fsp3) is 0.0625. The van der Waals surface area contributed by atoms with E-state index in [-0.39, 0.29) is 0 Å². The van der Waals surface area contributed by atoms with Crippen LogP contribution in [-0.2, 0) is 6.61 Å². The smallest absolute Gasteiger partial charge is 0.139 e. The van der Waals surface area contributed by atoms with Crippen LogP contribution in [-0.4, -0.2) is 4.98 Å². The normalized spacial score (nSPS) is 10.7. The first-order chi connectivity index (χ1) is 9.74. The van der Waals surface area contributed by atoms with Gasteiger partial charge < -0.3 is 4.74 Å². The zero-order valence-electron chi connectivity index (χ0n) is 10.5. The van der Waals surface area contributed by atoms with Crippen LogP contribution in [0.5, 0.6) is 5.75 Å². The van der Waals surface area contributed by atoms with Gasteiger partial charge in [0, 0.05) is 21.6 Å². The number of aromatic nitrogens is 1. The fourth-order valence-corrected chi connectivity index (χ4v) is 2.54. The molecule has 0 fully saturated rings. The number of benzene rings is 2. The highest BCUT2D eigenvalue weighted by atomic mass is 79.9. The van der Waals surface area contributed by atoms with Gasteiger partial charge in [0.2, 0.25) is 0 Å². The predicted molar refractivity (Wildman–Crippen MR) is 85.2 cm³/mol. The van der Waals surface area contributed by atoms with Gasteiger partial charge in [-0.15, -0.1) is 0 Å². The SMILES string of the molecule is Clc1ccc(Br)cc1OCc1cccc2cccnc12. The van der Waals surface area contributed by atoms with Gasteiger partial charge in [0.05, 0.1) is 10.5 Å². The summed E-state index contributed by atoms with van der Waals surface area (Å²) in [5.41, 5.74) is 2.00. The van der Waals surface area contributed by atoms with Crippen molar-refractivity contribution in [3.8, 4) is 5.75 Å². The molecule has 0 atom stereocenters. The van der Waals surface area contributed by atoms with Gasteiger partial charge in [0.15, 0.2) is 0 Å². The van der Waals surface area contributed by atoms with Crippen LogP contribution in [0.1, 0.15) is 5.56 Å². The molecule has 0 bridgehead atoms. The van der Waals surface area contributed by atoms with Crippen molar-refractivity contribution >= 4 is 38.4 Å². The Kier molecular flexibility index (Phi) is 3.90. The largest absolute Gasteiger partial charge is 0.487 e. The van der Waals surface area contributed by atoms with Crippen LogP contribution in [0.3, 0.4) is 0 Å². The van der Waals surface area contributed by atoms with Gasteiger partial charge in [0.1, 0.15) is 12.4 Å². The van der Waals surface area contributed by atoms with Crippen LogP contribution in [0.2, 0.25) is 5.02 Å². The highest BCUT2D eigenvalue weighted by Gasteiger charge is 2.06. The Bertz CT molecular complexity index is 755. The molecular formula is C16H11BrClNO. The van der Waals surface area contributed by atoms with Gasteiger partial charge in [-0.25, -0.2) is 0 Å². The molecule has 0 saturated heterocycles. The van der Waals surface area contributed by atoms with Gasteiger partial charge in [0.25, 0.3) is 0 Å². The molecular weight excluding hydrogens is 338 g/mol. The molecule has 0 spiro atoms. The molecule has 3 aromatic rings. The van der Waals surface area contributed by atoms with E-state index >= 15 is 0 Å². The van der Waals surface area contributed by atoms with E-state index in [1.54, 1.807) is 6.20 Å². The molecule has 1 aromatic heterocycles. The number of para-hydroxylation sites is 1. The third-order valence-corrected chi connectivity index (χ3v) is 3.80. The minimum Gasteiger partial charge on any atom is -0.487 e. The summed E-state index contributed by atoms with van der Waals surface area (Å²) in [5, 5.41) is 1.70. The zero-order valence-corrected chi connectivity index (χ0v) is 12.9. The molecule has 0 amide bonds. The average molecular weight is 349 g/mol. The Morgan fingerprint density at radius 3 is 2.85 bits per heavy atom. The van der Waals surface area contributed by atoms with Crippen molar-refractivity contribution in [3.05, 3.63) is 69.8 Å². The average Bonchev–Trinajstić information content (AvgIpc) is 2.48. The number of hydrogen-bond donors (Lipinski definition) is 0. The van der Waals surface area contributed by atoms with E-state index in [4.69, 9.17) is 16.3 Å². The van der Waals surface area contributed by atoms with Crippen molar-refractivity contribution in [3.63, 3.8) is 0 Å². The minimum atomic E-state index is 0.435. The Morgan fingerprint density at radius 2 is 1.95 bits per heavy atom. The number of fused-ring (bicyclic) bond motifs is 1. The topological polar surface area (TPSA) is 22.1 Å². The molecule has 0 aliphatic rings. The lowest BCUT2D eigenvalue weighted by Gasteiger charge is -2.10. The molecule has 20 heavy (non-hydrogen) atoms. The van der Waals surface area contributed by atoms with E-state index in [9.17, 15) is 0 Å². The van der Waals surface area contributed by atoms with Crippen LogP contribution in [0.15, 0.2) is 59.2 Å². The van der Waals surface area contributed by atoms with Gasteiger partial charge >= 0.3 is 0 Å². The fourth-order valence-electron chi connectivity index (χ4n) is 2.03. The van der Waals surface area contributed by atoms with Crippen molar-refractivity contribution in [2.75, 3.05) is 0 Å². The first kappa shape index (κ1) is 13.4. The zero-order chi connectivity index (χ0) is 13.9. The van der Waals surface area contributed by atoms with Crippen molar-refractivity contribution in [2.45, 2.75) is 6.61 Å². The maximum Gasteiger partial charge on any atom is 0.139 e. The third-order valence-electron chi connectivity index (χ3n) is 2.99. The summed E-state index contributed by atoms with van der Waals surface area (Å²) < 4.78 is 6.75. The molecule has 0 aliphatic carbocycles. The van der Waals surface area contributed by atoms with E-state index in [0.717, 1.165) is 20.9 Å². The van der Waals surface area contributed by atoms with Crippen LogP contribution in [0, 0.1) is 0 Å². The molecule has 0 unspecified atom stereocenters. The number of pyridine rings is 1. The molecule has 0 aliphatic heterocycles. The Morgan fingerprint density at radius 1 is 1.10 bits per heavy atom. The standard InChI is InChI=1S/C16H11BrClNO/c17-13-6-7-14(18)15(9-13)20-10-12-4-1-3-11-5-2-8-19-16(11)12/h1-9H,10H2. The molecule has 0 saturated carbocycles. The summed E-state index contributed by atoms with van der Waals surface area (Å²) in [4.78, 5) is 4.41. The second-order valence-corrected chi connectivity index (χ2v) is 5.68. The number of rotatable bonds is 3. The Balaban J connectivity index is 1.89. The number of ether oxygens (including phenoxy) is 1. The minimum absolute atomic E-state index is 0.435. The van der Waals surface area contributed by atoms with E-state index in [2.05, 4.69) is 20.9 Å². The van der Waals surface area contributed by atoms with E-state index in [1.807, 2.05) is 48.5 Å². The molecule has 2 nitrogen and oxygen atoms in total.